The SMILES string of the molecule is CC(NCC(C)(O)CO)c1cccc(OC(F)F)c1. The van der Waals surface area contributed by atoms with Crippen molar-refractivity contribution < 1.29 is 23.7 Å². The summed E-state index contributed by atoms with van der Waals surface area (Å²) in [5.41, 5.74) is -0.461. The summed E-state index contributed by atoms with van der Waals surface area (Å²) in [6, 6.07) is 6.18. The van der Waals surface area contributed by atoms with Gasteiger partial charge in [0.2, 0.25) is 0 Å². The van der Waals surface area contributed by atoms with Crippen LogP contribution >= 0.6 is 0 Å². The molecule has 6 heteroatoms. The highest BCUT2D eigenvalue weighted by molar-refractivity contribution is 5.30. The number of alkyl halides is 2. The molecule has 19 heavy (non-hydrogen) atoms. The second-order valence-corrected chi connectivity index (χ2v) is 4.71. The predicted octanol–water partition coefficient (Wildman–Crippen LogP) is 1.68. The lowest BCUT2D eigenvalue weighted by molar-refractivity contribution is -0.0499. The van der Waals surface area contributed by atoms with E-state index in [2.05, 4.69) is 10.1 Å². The Hall–Kier alpha value is -1.24. The van der Waals surface area contributed by atoms with E-state index in [0.717, 1.165) is 5.56 Å². The van der Waals surface area contributed by atoms with E-state index in [1.165, 1.54) is 19.1 Å². The fourth-order valence-corrected chi connectivity index (χ4v) is 1.51. The molecule has 0 aromatic heterocycles. The molecule has 2 atom stereocenters. The van der Waals surface area contributed by atoms with Gasteiger partial charge in [0, 0.05) is 12.6 Å². The van der Waals surface area contributed by atoms with Crippen LogP contribution in [0.3, 0.4) is 0 Å². The van der Waals surface area contributed by atoms with Gasteiger partial charge in [0.15, 0.2) is 0 Å². The molecule has 0 aliphatic carbocycles. The van der Waals surface area contributed by atoms with Crippen molar-refractivity contribution in [3.63, 3.8) is 0 Å². The second-order valence-electron chi connectivity index (χ2n) is 4.71. The molecule has 1 rings (SSSR count). The molecule has 0 bridgehead atoms. The Balaban J connectivity index is 2.64. The summed E-state index contributed by atoms with van der Waals surface area (Å²) in [4.78, 5) is 0. The van der Waals surface area contributed by atoms with Crippen molar-refractivity contribution in [1.29, 1.82) is 0 Å². The minimum atomic E-state index is -2.85. The molecule has 0 fully saturated rings. The number of hydrogen-bond acceptors (Lipinski definition) is 4. The van der Waals surface area contributed by atoms with Gasteiger partial charge in [-0.15, -0.1) is 0 Å². The molecule has 108 valence electrons. The fraction of sp³-hybridized carbons (Fsp3) is 0.538. The van der Waals surface area contributed by atoms with Crippen molar-refractivity contribution in [2.45, 2.75) is 32.1 Å². The van der Waals surface area contributed by atoms with Crippen LogP contribution in [0.25, 0.3) is 0 Å². The molecule has 1 aromatic carbocycles. The van der Waals surface area contributed by atoms with Crippen molar-refractivity contribution in [1.82, 2.24) is 5.32 Å². The van der Waals surface area contributed by atoms with Gasteiger partial charge in [0.25, 0.3) is 0 Å². The molecule has 0 amide bonds. The maximum atomic E-state index is 12.1. The van der Waals surface area contributed by atoms with Gasteiger partial charge >= 0.3 is 6.61 Å². The number of halogens is 2. The van der Waals surface area contributed by atoms with Crippen molar-refractivity contribution >= 4 is 0 Å². The maximum absolute atomic E-state index is 12.1. The molecule has 0 aliphatic rings. The Labute approximate surface area is 111 Å². The van der Waals surface area contributed by atoms with Crippen molar-refractivity contribution in [3.05, 3.63) is 29.8 Å². The molecule has 0 radical (unpaired) electrons. The first-order valence-electron chi connectivity index (χ1n) is 5.95. The van der Waals surface area contributed by atoms with E-state index >= 15 is 0 Å². The standard InChI is InChI=1S/C13H19F2NO3/c1-9(16-7-13(2,18)8-17)10-4-3-5-11(6-10)19-12(14)15/h3-6,9,12,16-18H,7-8H2,1-2H3. The van der Waals surface area contributed by atoms with Crippen LogP contribution in [0.5, 0.6) is 5.75 Å². The topological polar surface area (TPSA) is 61.7 Å². The Morgan fingerprint density at radius 1 is 1.42 bits per heavy atom. The number of benzene rings is 1. The highest BCUT2D eigenvalue weighted by Crippen LogP contribution is 2.20. The van der Waals surface area contributed by atoms with E-state index in [9.17, 15) is 13.9 Å². The van der Waals surface area contributed by atoms with Crippen molar-refractivity contribution in [2.24, 2.45) is 0 Å². The summed E-state index contributed by atoms with van der Waals surface area (Å²) in [6.45, 7) is 0.303. The zero-order valence-electron chi connectivity index (χ0n) is 10.9. The monoisotopic (exact) mass is 275 g/mol. The van der Waals surface area contributed by atoms with Crippen molar-refractivity contribution in [2.75, 3.05) is 13.2 Å². The minimum Gasteiger partial charge on any atom is -0.435 e. The Bertz CT molecular complexity index is 399. The average molecular weight is 275 g/mol. The summed E-state index contributed by atoms with van der Waals surface area (Å²) >= 11 is 0. The van der Waals surface area contributed by atoms with Crippen LogP contribution in [-0.4, -0.2) is 35.6 Å². The quantitative estimate of drug-likeness (QED) is 0.708. The minimum absolute atomic E-state index is 0.0927. The molecule has 4 nitrogen and oxygen atoms in total. The van der Waals surface area contributed by atoms with E-state index in [4.69, 9.17) is 5.11 Å². The lowest BCUT2D eigenvalue weighted by atomic mass is 10.1. The smallest absolute Gasteiger partial charge is 0.387 e. The number of nitrogens with one attached hydrogen (secondary N) is 1. The number of aliphatic hydroxyl groups excluding tert-OH is 1. The Morgan fingerprint density at radius 2 is 2.11 bits per heavy atom. The summed E-state index contributed by atoms with van der Waals surface area (Å²) in [5.74, 6) is 0.0927. The zero-order chi connectivity index (χ0) is 14.5. The molecule has 2 unspecified atom stereocenters. The average Bonchev–Trinajstić information content (AvgIpc) is 2.35. The van der Waals surface area contributed by atoms with Crippen LogP contribution in [0.2, 0.25) is 0 Å². The fourth-order valence-electron chi connectivity index (χ4n) is 1.51. The van der Waals surface area contributed by atoms with Crippen LogP contribution in [0.1, 0.15) is 25.5 Å². The largest absolute Gasteiger partial charge is 0.435 e. The van der Waals surface area contributed by atoms with E-state index < -0.39 is 12.2 Å². The van der Waals surface area contributed by atoms with Crippen LogP contribution in [0, 0.1) is 0 Å². The predicted molar refractivity (Wildman–Crippen MR) is 67.2 cm³/mol. The van der Waals surface area contributed by atoms with Crippen LogP contribution < -0.4 is 10.1 Å². The first kappa shape index (κ1) is 15.8. The van der Waals surface area contributed by atoms with Gasteiger partial charge in [-0.3, -0.25) is 0 Å². The third-order valence-electron chi connectivity index (χ3n) is 2.71. The highest BCUT2D eigenvalue weighted by Gasteiger charge is 2.20. The first-order chi connectivity index (χ1) is 8.84. The van der Waals surface area contributed by atoms with Crippen LogP contribution in [0.15, 0.2) is 24.3 Å². The van der Waals surface area contributed by atoms with Gasteiger partial charge in [-0.1, -0.05) is 12.1 Å². The van der Waals surface area contributed by atoms with Gasteiger partial charge in [0.1, 0.15) is 5.75 Å². The molecule has 0 aliphatic heterocycles. The molecule has 0 saturated heterocycles. The first-order valence-corrected chi connectivity index (χ1v) is 5.95. The zero-order valence-corrected chi connectivity index (χ0v) is 10.9. The Morgan fingerprint density at radius 3 is 2.68 bits per heavy atom. The molecule has 0 saturated carbocycles. The van der Waals surface area contributed by atoms with E-state index in [-0.39, 0.29) is 24.9 Å². The summed E-state index contributed by atoms with van der Waals surface area (Å²) < 4.78 is 28.5. The van der Waals surface area contributed by atoms with Crippen LogP contribution in [0.4, 0.5) is 8.78 Å². The van der Waals surface area contributed by atoms with Crippen LogP contribution in [-0.2, 0) is 0 Å². The van der Waals surface area contributed by atoms with Crippen molar-refractivity contribution in [3.8, 4) is 5.75 Å². The summed E-state index contributed by atoms with van der Waals surface area (Å²) in [7, 11) is 0. The molecule has 1 aromatic rings. The van der Waals surface area contributed by atoms with Gasteiger partial charge in [-0.05, 0) is 31.5 Å². The Kier molecular flexibility index (Phi) is 5.65. The maximum Gasteiger partial charge on any atom is 0.387 e. The third-order valence-corrected chi connectivity index (χ3v) is 2.71. The highest BCUT2D eigenvalue weighted by atomic mass is 19.3. The van der Waals surface area contributed by atoms with Gasteiger partial charge < -0.3 is 20.3 Å². The van der Waals surface area contributed by atoms with E-state index in [1.54, 1.807) is 12.1 Å². The van der Waals surface area contributed by atoms with Gasteiger partial charge in [0.05, 0.1) is 12.2 Å². The van der Waals surface area contributed by atoms with Gasteiger partial charge in [-0.2, -0.15) is 8.78 Å². The summed E-state index contributed by atoms with van der Waals surface area (Å²) in [6.07, 6.45) is 0. The van der Waals surface area contributed by atoms with E-state index in [0.29, 0.717) is 0 Å². The van der Waals surface area contributed by atoms with E-state index in [1.807, 2.05) is 6.92 Å². The third kappa shape index (κ3) is 5.50. The molecule has 0 heterocycles. The lowest BCUT2D eigenvalue weighted by Gasteiger charge is -2.24. The lowest BCUT2D eigenvalue weighted by Crippen LogP contribution is -2.41. The molecule has 0 spiro atoms. The molecular formula is C13H19F2NO3. The molecular weight excluding hydrogens is 256 g/mol. The number of ether oxygens (including phenoxy) is 1. The molecule has 3 N–H and O–H groups in total. The normalized spacial score (nSPS) is 16.2. The second kappa shape index (κ2) is 6.79. The summed E-state index contributed by atoms with van der Waals surface area (Å²) in [5, 5.41) is 21.6. The van der Waals surface area contributed by atoms with Gasteiger partial charge in [-0.25, -0.2) is 0 Å². The number of rotatable bonds is 7. The number of hydrogen-bond donors (Lipinski definition) is 3. The number of aliphatic hydroxyl groups is 2.